The van der Waals surface area contributed by atoms with Gasteiger partial charge in [-0.3, -0.25) is 0 Å². The number of halogens is 3. The lowest BCUT2D eigenvalue weighted by Gasteiger charge is -2.20. The third-order valence-corrected chi connectivity index (χ3v) is 5.45. The summed E-state index contributed by atoms with van der Waals surface area (Å²) < 4.78 is 78.2. The molecule has 0 saturated heterocycles. The van der Waals surface area contributed by atoms with E-state index in [1.54, 1.807) is 18.2 Å². The molecule has 1 heterocycles. The predicted octanol–water partition coefficient (Wildman–Crippen LogP) is 3.13. The molecule has 0 spiro atoms. The highest BCUT2D eigenvalue weighted by Crippen LogP contribution is 2.34. The molecular weight excluding hydrogens is 375 g/mol. The molecule has 0 unspecified atom stereocenters. The van der Waals surface area contributed by atoms with E-state index in [0.29, 0.717) is 17.1 Å². The Bertz CT molecular complexity index is 914. The molecule has 0 saturated carbocycles. The highest BCUT2D eigenvalue weighted by Gasteiger charge is 2.35. The first kappa shape index (κ1) is 18.3. The number of alkyl halides is 3. The van der Waals surface area contributed by atoms with Crippen molar-refractivity contribution in [1.82, 2.24) is 4.31 Å². The second-order valence-corrected chi connectivity index (χ2v) is 7.46. The molecule has 2 aromatic carbocycles. The lowest BCUT2D eigenvalue weighted by molar-refractivity contribution is -0.275. The third-order valence-electron chi connectivity index (χ3n) is 3.61. The minimum Gasteiger partial charge on any atom is -0.454 e. The molecule has 26 heavy (non-hydrogen) atoms. The summed E-state index contributed by atoms with van der Waals surface area (Å²) in [6, 6.07) is 9.51. The van der Waals surface area contributed by atoms with Gasteiger partial charge in [0.05, 0.1) is 0 Å². The summed E-state index contributed by atoms with van der Waals surface area (Å²) in [7, 11) is -2.95. The monoisotopic (exact) mass is 389 g/mol. The van der Waals surface area contributed by atoms with Crippen LogP contribution in [0, 0.1) is 0 Å². The summed E-state index contributed by atoms with van der Waals surface area (Å²) in [4.78, 5) is -0.569. The van der Waals surface area contributed by atoms with Crippen LogP contribution in [0.3, 0.4) is 0 Å². The lowest BCUT2D eigenvalue weighted by Crippen LogP contribution is -2.28. The second-order valence-electron chi connectivity index (χ2n) is 5.44. The van der Waals surface area contributed by atoms with Crippen LogP contribution < -0.4 is 14.2 Å². The van der Waals surface area contributed by atoms with Gasteiger partial charge in [0, 0.05) is 13.6 Å². The number of hydrogen-bond donors (Lipinski definition) is 0. The number of sulfonamides is 1. The topological polar surface area (TPSA) is 65.1 Å². The van der Waals surface area contributed by atoms with Gasteiger partial charge in [0.15, 0.2) is 11.5 Å². The van der Waals surface area contributed by atoms with Crippen molar-refractivity contribution in [3.63, 3.8) is 0 Å². The molecule has 1 aliphatic rings. The summed E-state index contributed by atoms with van der Waals surface area (Å²) in [6.45, 7) is 0.00834. The zero-order valence-corrected chi connectivity index (χ0v) is 14.3. The van der Waals surface area contributed by atoms with Crippen LogP contribution in [-0.4, -0.2) is 32.9 Å². The van der Waals surface area contributed by atoms with Gasteiger partial charge in [-0.25, -0.2) is 8.42 Å². The molecule has 0 N–H and O–H groups in total. The fraction of sp³-hybridized carbons (Fsp3) is 0.250. The Balaban J connectivity index is 1.86. The first-order chi connectivity index (χ1) is 12.2. The Kier molecular flexibility index (Phi) is 4.72. The van der Waals surface area contributed by atoms with Crippen LogP contribution in [-0.2, 0) is 16.6 Å². The van der Waals surface area contributed by atoms with Gasteiger partial charge >= 0.3 is 6.36 Å². The third kappa shape index (κ3) is 3.86. The van der Waals surface area contributed by atoms with E-state index in [0.717, 1.165) is 16.4 Å². The Morgan fingerprint density at radius 1 is 1.12 bits per heavy atom. The maximum atomic E-state index is 12.7. The van der Waals surface area contributed by atoms with Gasteiger partial charge in [-0.15, -0.1) is 13.2 Å². The largest absolute Gasteiger partial charge is 0.573 e. The number of benzene rings is 2. The van der Waals surface area contributed by atoms with Crippen molar-refractivity contribution < 1.29 is 35.8 Å². The highest BCUT2D eigenvalue weighted by molar-refractivity contribution is 7.89. The number of fused-ring (bicyclic) bond motifs is 1. The average molecular weight is 389 g/mol. The quantitative estimate of drug-likeness (QED) is 0.786. The van der Waals surface area contributed by atoms with Crippen LogP contribution in [0.25, 0.3) is 0 Å². The molecular formula is C16H14F3NO5S. The van der Waals surface area contributed by atoms with Crippen molar-refractivity contribution in [3.8, 4) is 17.2 Å². The van der Waals surface area contributed by atoms with Gasteiger partial charge in [0.25, 0.3) is 0 Å². The summed E-state index contributed by atoms with van der Waals surface area (Å²) in [5.41, 5.74) is 0.592. The SMILES string of the molecule is CN(Cc1ccc2c(c1)OCO2)S(=O)(=O)c1ccccc1OC(F)(F)F. The van der Waals surface area contributed by atoms with Gasteiger partial charge in [-0.1, -0.05) is 18.2 Å². The molecule has 0 bridgehead atoms. The van der Waals surface area contributed by atoms with Crippen LogP contribution in [0.1, 0.15) is 5.56 Å². The molecule has 140 valence electrons. The maximum absolute atomic E-state index is 12.7. The van der Waals surface area contributed by atoms with Crippen molar-refractivity contribution in [2.75, 3.05) is 13.8 Å². The lowest BCUT2D eigenvalue weighted by atomic mass is 10.2. The van der Waals surface area contributed by atoms with E-state index >= 15 is 0 Å². The van der Waals surface area contributed by atoms with E-state index in [4.69, 9.17) is 9.47 Å². The van der Waals surface area contributed by atoms with Gasteiger partial charge < -0.3 is 14.2 Å². The smallest absolute Gasteiger partial charge is 0.454 e. The van der Waals surface area contributed by atoms with Crippen molar-refractivity contribution in [2.24, 2.45) is 0 Å². The number of rotatable bonds is 5. The molecule has 0 radical (unpaired) electrons. The fourth-order valence-electron chi connectivity index (χ4n) is 2.42. The predicted molar refractivity (Wildman–Crippen MR) is 84.3 cm³/mol. The van der Waals surface area contributed by atoms with Crippen LogP contribution in [0.5, 0.6) is 17.2 Å². The van der Waals surface area contributed by atoms with Gasteiger partial charge in [-0.2, -0.15) is 4.31 Å². The van der Waals surface area contributed by atoms with Crippen LogP contribution in [0.4, 0.5) is 13.2 Å². The Morgan fingerprint density at radius 3 is 2.54 bits per heavy atom. The van der Waals surface area contributed by atoms with Crippen molar-refractivity contribution in [1.29, 1.82) is 0 Å². The molecule has 0 amide bonds. The zero-order chi connectivity index (χ0) is 18.9. The minimum absolute atomic E-state index is 0.0701. The maximum Gasteiger partial charge on any atom is 0.573 e. The first-order valence-corrected chi connectivity index (χ1v) is 8.80. The first-order valence-electron chi connectivity index (χ1n) is 7.36. The van der Waals surface area contributed by atoms with E-state index in [1.165, 1.54) is 19.2 Å². The summed E-state index contributed by atoms with van der Waals surface area (Å²) in [5.74, 6) is 0.245. The molecule has 0 atom stereocenters. The fourth-order valence-corrected chi connectivity index (χ4v) is 3.69. The molecule has 0 aromatic heterocycles. The molecule has 0 aliphatic carbocycles. The number of hydrogen-bond acceptors (Lipinski definition) is 5. The van der Waals surface area contributed by atoms with Crippen LogP contribution in [0.15, 0.2) is 47.4 Å². The van der Waals surface area contributed by atoms with E-state index in [9.17, 15) is 21.6 Å². The van der Waals surface area contributed by atoms with E-state index in [-0.39, 0.29) is 13.3 Å². The van der Waals surface area contributed by atoms with Gasteiger partial charge in [0.1, 0.15) is 10.6 Å². The molecule has 3 rings (SSSR count). The number of ether oxygens (including phenoxy) is 3. The van der Waals surface area contributed by atoms with Crippen LogP contribution >= 0.6 is 0 Å². The Labute approximate surface area is 147 Å². The average Bonchev–Trinajstić information content (AvgIpc) is 3.01. The van der Waals surface area contributed by atoms with Gasteiger partial charge in [0.2, 0.25) is 16.8 Å². The second kappa shape index (κ2) is 6.69. The molecule has 1 aliphatic heterocycles. The zero-order valence-electron chi connectivity index (χ0n) is 13.5. The van der Waals surface area contributed by atoms with E-state index < -0.39 is 27.0 Å². The highest BCUT2D eigenvalue weighted by atomic mass is 32.2. The van der Waals surface area contributed by atoms with Crippen molar-refractivity contribution >= 4 is 10.0 Å². The van der Waals surface area contributed by atoms with Gasteiger partial charge in [-0.05, 0) is 29.8 Å². The summed E-state index contributed by atoms with van der Waals surface area (Å²) in [6.07, 6.45) is -5.00. The van der Waals surface area contributed by atoms with E-state index in [2.05, 4.69) is 4.74 Å². The summed E-state index contributed by atoms with van der Waals surface area (Å²) in [5, 5.41) is 0. The Morgan fingerprint density at radius 2 is 1.81 bits per heavy atom. The molecule has 2 aromatic rings. The Hall–Kier alpha value is -2.46. The van der Waals surface area contributed by atoms with Crippen molar-refractivity contribution in [2.45, 2.75) is 17.8 Å². The number of nitrogens with zero attached hydrogens (tertiary/aromatic N) is 1. The summed E-state index contributed by atoms with van der Waals surface area (Å²) >= 11 is 0. The van der Waals surface area contributed by atoms with Crippen molar-refractivity contribution in [3.05, 3.63) is 48.0 Å². The normalized spacial score (nSPS) is 13.9. The standard InChI is InChI=1S/C16H14F3NO5S/c1-20(9-11-6-7-12-14(8-11)24-10-23-12)26(21,22)15-5-3-2-4-13(15)25-16(17,18)19/h2-8H,9-10H2,1H3. The van der Waals surface area contributed by atoms with Crippen LogP contribution in [0.2, 0.25) is 0 Å². The minimum atomic E-state index is -5.00. The molecule has 0 fully saturated rings. The molecule has 10 heteroatoms. The number of para-hydroxylation sites is 1. The molecule has 6 nitrogen and oxygen atoms in total. The van der Waals surface area contributed by atoms with E-state index in [1.807, 2.05) is 0 Å².